The molecular weight excluding hydrogens is 266 g/mol. The van der Waals surface area contributed by atoms with Crippen LogP contribution in [0.1, 0.15) is 24.5 Å². The molecule has 6 heteroatoms. The minimum atomic E-state index is -0.220. The van der Waals surface area contributed by atoms with Gasteiger partial charge in [0.1, 0.15) is 0 Å². The van der Waals surface area contributed by atoms with E-state index < -0.39 is 0 Å². The van der Waals surface area contributed by atoms with Crippen molar-refractivity contribution >= 4 is 11.8 Å². The Labute approximate surface area is 123 Å². The zero-order valence-electron chi connectivity index (χ0n) is 12.0. The van der Waals surface area contributed by atoms with Crippen molar-refractivity contribution in [2.24, 2.45) is 0 Å². The maximum atomic E-state index is 12.0. The summed E-state index contributed by atoms with van der Waals surface area (Å²) in [6, 6.07) is 8.35. The second kappa shape index (κ2) is 5.95. The summed E-state index contributed by atoms with van der Waals surface area (Å²) < 4.78 is 1.67. The second-order valence-electron chi connectivity index (χ2n) is 5.27. The van der Waals surface area contributed by atoms with Crippen molar-refractivity contribution in [1.82, 2.24) is 20.3 Å². The van der Waals surface area contributed by atoms with Gasteiger partial charge in [0.25, 0.3) is 0 Å². The van der Waals surface area contributed by atoms with Gasteiger partial charge in [0.2, 0.25) is 0 Å². The van der Waals surface area contributed by atoms with Gasteiger partial charge in [0.05, 0.1) is 6.20 Å². The molecule has 1 aromatic heterocycles. The number of amides is 2. The third-order valence-electron chi connectivity index (χ3n) is 3.79. The van der Waals surface area contributed by atoms with Crippen molar-refractivity contribution in [3.63, 3.8) is 0 Å². The van der Waals surface area contributed by atoms with Crippen molar-refractivity contribution in [3.8, 4) is 0 Å². The van der Waals surface area contributed by atoms with Gasteiger partial charge >= 0.3 is 6.03 Å². The number of rotatable bonds is 3. The van der Waals surface area contributed by atoms with Crippen LogP contribution in [-0.4, -0.2) is 27.1 Å². The summed E-state index contributed by atoms with van der Waals surface area (Å²) in [6.07, 6.45) is 4.57. The fourth-order valence-corrected chi connectivity index (χ4v) is 2.67. The number of hydrogen-bond donors (Lipinski definition) is 2. The highest BCUT2D eigenvalue weighted by Gasteiger charge is 2.20. The lowest BCUT2D eigenvalue weighted by Gasteiger charge is -2.25. The first kappa shape index (κ1) is 13.6. The summed E-state index contributed by atoms with van der Waals surface area (Å²) in [4.78, 5) is 12.0. The molecule has 110 valence electrons. The molecule has 1 aliphatic rings. The molecular formula is C15H19N5O. The van der Waals surface area contributed by atoms with Gasteiger partial charge in [-0.25, -0.2) is 4.79 Å². The summed E-state index contributed by atoms with van der Waals surface area (Å²) in [5.74, 6) is 0.477. The number of nitrogens with one attached hydrogen (secondary N) is 2. The molecule has 1 atom stereocenters. The summed E-state index contributed by atoms with van der Waals surface area (Å²) in [5, 5.41) is 13.5. The second-order valence-corrected chi connectivity index (χ2v) is 5.27. The maximum absolute atomic E-state index is 12.0. The normalized spacial score (nSPS) is 17.1. The number of carbonyl (C=O) groups excluding carboxylic acids is 1. The smallest absolute Gasteiger partial charge is 0.320 e. The van der Waals surface area contributed by atoms with E-state index in [2.05, 4.69) is 39.1 Å². The molecule has 0 radical (unpaired) electrons. The van der Waals surface area contributed by atoms with Gasteiger partial charge in [-0.2, -0.15) is 0 Å². The molecule has 1 unspecified atom stereocenters. The zero-order valence-corrected chi connectivity index (χ0v) is 12.0. The van der Waals surface area contributed by atoms with Gasteiger partial charge in [-0.3, -0.25) is 10.00 Å². The molecule has 0 bridgehead atoms. The van der Waals surface area contributed by atoms with Gasteiger partial charge in [0.15, 0.2) is 5.82 Å². The number of aryl methyl sites for hydroxylation is 2. The Morgan fingerprint density at radius 2 is 2.19 bits per heavy atom. The fourth-order valence-electron chi connectivity index (χ4n) is 2.67. The summed E-state index contributed by atoms with van der Waals surface area (Å²) in [6.45, 7) is 2.70. The van der Waals surface area contributed by atoms with Gasteiger partial charge in [0, 0.05) is 12.6 Å². The summed E-state index contributed by atoms with van der Waals surface area (Å²) in [7, 11) is 0. The number of benzene rings is 1. The molecule has 2 aromatic rings. The number of nitrogens with zero attached hydrogens (tertiary/aromatic N) is 3. The summed E-state index contributed by atoms with van der Waals surface area (Å²) >= 11 is 0. The first-order valence-electron chi connectivity index (χ1n) is 7.29. The lowest BCUT2D eigenvalue weighted by molar-refractivity contribution is 0.247. The molecule has 0 saturated carbocycles. The number of hydrogen-bond acceptors (Lipinski definition) is 3. The number of carbonyl (C=O) groups is 1. The first-order valence-corrected chi connectivity index (χ1v) is 7.29. The largest absolute Gasteiger partial charge is 0.335 e. The van der Waals surface area contributed by atoms with Crippen molar-refractivity contribution in [1.29, 1.82) is 0 Å². The Bertz CT molecular complexity index is 636. The van der Waals surface area contributed by atoms with Crippen LogP contribution in [-0.2, 0) is 19.4 Å². The number of anilines is 1. The molecule has 1 aromatic carbocycles. The quantitative estimate of drug-likeness (QED) is 0.905. The average Bonchev–Trinajstić information content (AvgIpc) is 2.94. The fraction of sp³-hybridized carbons (Fsp3) is 0.400. The molecule has 1 heterocycles. The topological polar surface area (TPSA) is 71.8 Å². The highest BCUT2D eigenvalue weighted by atomic mass is 16.2. The monoisotopic (exact) mass is 285 g/mol. The van der Waals surface area contributed by atoms with Crippen LogP contribution in [0.3, 0.4) is 0 Å². The van der Waals surface area contributed by atoms with Crippen LogP contribution >= 0.6 is 0 Å². The van der Waals surface area contributed by atoms with Crippen LogP contribution in [0.15, 0.2) is 30.5 Å². The van der Waals surface area contributed by atoms with E-state index >= 15 is 0 Å². The minimum absolute atomic E-state index is 0.168. The van der Waals surface area contributed by atoms with Crippen molar-refractivity contribution in [2.75, 3.05) is 5.32 Å². The average molecular weight is 285 g/mol. The lowest BCUT2D eigenvalue weighted by atomic mass is 9.88. The molecule has 2 N–H and O–H groups in total. The predicted octanol–water partition coefficient (Wildman–Crippen LogP) is 1.98. The standard InChI is InChI=1S/C15H19N5O/c1-2-20-10-14(18-19-20)17-15(21)16-13-8-7-11-5-3-4-6-12(11)9-13/h3-6,10,13H,2,7-9H2,1H3,(H2,16,17,21). The van der Waals surface area contributed by atoms with Gasteiger partial charge < -0.3 is 5.32 Å². The Balaban J connectivity index is 1.56. The summed E-state index contributed by atoms with van der Waals surface area (Å²) in [5.41, 5.74) is 2.72. The maximum Gasteiger partial charge on any atom is 0.320 e. The molecule has 0 aliphatic heterocycles. The van der Waals surface area contributed by atoms with Crippen LogP contribution in [0.4, 0.5) is 10.6 Å². The molecule has 2 amide bonds. The van der Waals surface area contributed by atoms with Gasteiger partial charge in [-0.05, 0) is 37.3 Å². The van der Waals surface area contributed by atoms with E-state index in [1.807, 2.05) is 13.0 Å². The molecule has 0 saturated heterocycles. The van der Waals surface area contributed by atoms with Crippen LogP contribution in [0.5, 0.6) is 0 Å². The highest BCUT2D eigenvalue weighted by Crippen LogP contribution is 2.21. The van der Waals surface area contributed by atoms with Crippen LogP contribution < -0.4 is 10.6 Å². The molecule has 21 heavy (non-hydrogen) atoms. The Kier molecular flexibility index (Phi) is 3.85. The van der Waals surface area contributed by atoms with E-state index in [9.17, 15) is 4.79 Å². The zero-order chi connectivity index (χ0) is 14.7. The van der Waals surface area contributed by atoms with Crippen molar-refractivity contribution < 1.29 is 4.79 Å². The molecule has 6 nitrogen and oxygen atoms in total. The van der Waals surface area contributed by atoms with Gasteiger partial charge in [-0.15, -0.1) is 5.10 Å². The third-order valence-corrected chi connectivity index (χ3v) is 3.79. The SMILES string of the molecule is CCn1cc(NC(=O)NC2CCc3ccccc3C2)nn1. The molecule has 0 spiro atoms. The molecule has 0 fully saturated rings. The van der Waals surface area contributed by atoms with E-state index in [1.54, 1.807) is 10.9 Å². The van der Waals surface area contributed by atoms with E-state index in [1.165, 1.54) is 11.1 Å². The van der Waals surface area contributed by atoms with E-state index in [-0.39, 0.29) is 12.1 Å². The van der Waals surface area contributed by atoms with Crippen molar-refractivity contribution in [2.45, 2.75) is 38.8 Å². The van der Waals surface area contributed by atoms with Gasteiger partial charge in [-0.1, -0.05) is 29.5 Å². The van der Waals surface area contributed by atoms with Crippen LogP contribution in [0, 0.1) is 0 Å². The number of fused-ring (bicyclic) bond motifs is 1. The lowest BCUT2D eigenvalue weighted by Crippen LogP contribution is -2.41. The predicted molar refractivity (Wildman–Crippen MR) is 80.1 cm³/mol. The van der Waals surface area contributed by atoms with Crippen LogP contribution in [0.25, 0.3) is 0 Å². The van der Waals surface area contributed by atoms with E-state index in [0.717, 1.165) is 25.8 Å². The Hall–Kier alpha value is -2.37. The highest BCUT2D eigenvalue weighted by molar-refractivity contribution is 5.88. The van der Waals surface area contributed by atoms with Crippen molar-refractivity contribution in [3.05, 3.63) is 41.6 Å². The molecule has 3 rings (SSSR count). The number of aromatic nitrogens is 3. The molecule has 1 aliphatic carbocycles. The first-order chi connectivity index (χ1) is 10.2. The van der Waals surface area contributed by atoms with Crippen LogP contribution in [0.2, 0.25) is 0 Å². The number of urea groups is 1. The third kappa shape index (κ3) is 3.21. The van der Waals surface area contributed by atoms with E-state index in [4.69, 9.17) is 0 Å². The van der Waals surface area contributed by atoms with E-state index in [0.29, 0.717) is 5.82 Å². The minimum Gasteiger partial charge on any atom is -0.335 e. The Morgan fingerprint density at radius 3 is 2.95 bits per heavy atom. The Morgan fingerprint density at radius 1 is 1.38 bits per heavy atom.